The molecule has 3 unspecified atom stereocenters. The summed E-state index contributed by atoms with van der Waals surface area (Å²) in [6.07, 6.45) is 18.1. The quantitative estimate of drug-likeness (QED) is 0.413. The molecule has 0 spiro atoms. The molecule has 0 aromatic heterocycles. The van der Waals surface area contributed by atoms with Crippen molar-refractivity contribution in [3.8, 4) is 0 Å². The first-order valence-corrected chi connectivity index (χ1v) is 13.5. The molecule has 0 radical (unpaired) electrons. The third-order valence-electron chi connectivity index (χ3n) is 13.4. The SMILES string of the molecule is CC[C@@H]1CC[C@]2(C)C3CCC4[C@@]5(C)CCCC(C)(C)C5CC[C@@]4(C)[C@]3(C)CC[C@H]12. The van der Waals surface area contributed by atoms with Crippen LogP contribution < -0.4 is 0 Å². The lowest BCUT2D eigenvalue weighted by atomic mass is 9.32. The highest BCUT2D eigenvalue weighted by atomic mass is 14.7. The van der Waals surface area contributed by atoms with Crippen LogP contribution in [0.3, 0.4) is 0 Å². The van der Waals surface area contributed by atoms with E-state index in [9.17, 15) is 0 Å². The van der Waals surface area contributed by atoms with Gasteiger partial charge in [-0.05, 0) is 121 Å². The Kier molecular flexibility index (Phi) is 4.52. The Balaban J connectivity index is 1.53. The number of hydrogen-bond donors (Lipinski definition) is 0. The zero-order valence-electron chi connectivity index (χ0n) is 20.9. The first-order chi connectivity index (χ1) is 13.5. The van der Waals surface area contributed by atoms with Crippen LogP contribution in [0.1, 0.15) is 126 Å². The van der Waals surface area contributed by atoms with Crippen molar-refractivity contribution < 1.29 is 0 Å². The van der Waals surface area contributed by atoms with Gasteiger partial charge in [0, 0.05) is 0 Å². The second-order valence-corrected chi connectivity index (χ2v) is 14.3. The summed E-state index contributed by atoms with van der Waals surface area (Å²) in [5, 5.41) is 0. The van der Waals surface area contributed by atoms with Crippen molar-refractivity contribution in [2.45, 2.75) is 126 Å². The van der Waals surface area contributed by atoms with E-state index in [1.165, 1.54) is 64.2 Å². The van der Waals surface area contributed by atoms with Gasteiger partial charge in [-0.1, -0.05) is 61.3 Å². The molecular formula is C29H50. The minimum absolute atomic E-state index is 0.565. The third kappa shape index (κ3) is 2.44. The highest BCUT2D eigenvalue weighted by Crippen LogP contribution is 2.77. The Bertz CT molecular complexity index is 661. The van der Waals surface area contributed by atoms with E-state index < -0.39 is 0 Å². The molecule has 9 atom stereocenters. The molecule has 0 bridgehead atoms. The van der Waals surface area contributed by atoms with Gasteiger partial charge in [-0.3, -0.25) is 0 Å². The Labute approximate surface area is 182 Å². The third-order valence-corrected chi connectivity index (χ3v) is 13.4. The minimum atomic E-state index is 0.565. The molecule has 0 N–H and O–H groups in total. The van der Waals surface area contributed by atoms with Gasteiger partial charge in [0.15, 0.2) is 0 Å². The van der Waals surface area contributed by atoms with Crippen LogP contribution in [0.4, 0.5) is 0 Å². The normalized spacial score (nSPS) is 58.7. The maximum Gasteiger partial charge on any atom is -0.0235 e. The lowest BCUT2D eigenvalue weighted by Gasteiger charge is -2.73. The molecule has 5 aliphatic carbocycles. The first-order valence-electron chi connectivity index (χ1n) is 13.5. The minimum Gasteiger partial charge on any atom is -0.0651 e. The fourth-order valence-corrected chi connectivity index (χ4v) is 11.9. The summed E-state index contributed by atoms with van der Waals surface area (Å²) in [4.78, 5) is 0. The van der Waals surface area contributed by atoms with Crippen LogP contribution >= 0.6 is 0 Å². The smallest absolute Gasteiger partial charge is 0.0235 e. The van der Waals surface area contributed by atoms with Crippen LogP contribution in [-0.2, 0) is 0 Å². The van der Waals surface area contributed by atoms with Crippen LogP contribution in [0.2, 0.25) is 0 Å². The average Bonchev–Trinajstić information content (AvgIpc) is 2.98. The zero-order valence-corrected chi connectivity index (χ0v) is 20.9. The molecule has 5 rings (SSSR count). The fraction of sp³-hybridized carbons (Fsp3) is 1.00. The molecular weight excluding hydrogens is 348 g/mol. The molecule has 0 saturated heterocycles. The zero-order chi connectivity index (χ0) is 20.9. The Morgan fingerprint density at radius 1 is 0.586 bits per heavy atom. The average molecular weight is 399 g/mol. The van der Waals surface area contributed by atoms with Crippen molar-refractivity contribution >= 4 is 0 Å². The van der Waals surface area contributed by atoms with Crippen molar-refractivity contribution in [1.29, 1.82) is 0 Å². The summed E-state index contributed by atoms with van der Waals surface area (Å²) in [6, 6.07) is 0. The number of fused-ring (bicyclic) bond motifs is 7. The molecule has 166 valence electrons. The van der Waals surface area contributed by atoms with E-state index in [-0.39, 0.29) is 0 Å². The van der Waals surface area contributed by atoms with E-state index in [1.54, 1.807) is 12.8 Å². The van der Waals surface area contributed by atoms with E-state index in [0.717, 1.165) is 29.6 Å². The Morgan fingerprint density at radius 2 is 1.21 bits per heavy atom. The molecule has 0 nitrogen and oxygen atoms in total. The van der Waals surface area contributed by atoms with Gasteiger partial charge >= 0.3 is 0 Å². The molecule has 0 heterocycles. The van der Waals surface area contributed by atoms with Crippen molar-refractivity contribution in [3.05, 3.63) is 0 Å². The molecule has 5 aliphatic rings. The van der Waals surface area contributed by atoms with Gasteiger partial charge in [0.2, 0.25) is 0 Å². The van der Waals surface area contributed by atoms with Gasteiger partial charge < -0.3 is 0 Å². The standard InChI is InChI=1S/C29H50/c1-8-20-12-17-26(4)21(20)13-18-28(6)23(26)10-11-24-27(5)16-9-15-25(2,3)22(27)14-19-29(24,28)7/h20-24H,8-19H2,1-7H3/t20-,21-,22?,23?,24?,26+,27+,28-,29-/m1/s1. The second kappa shape index (κ2) is 6.28. The summed E-state index contributed by atoms with van der Waals surface area (Å²) in [7, 11) is 0. The van der Waals surface area contributed by atoms with Gasteiger partial charge in [0.05, 0.1) is 0 Å². The molecule has 0 heteroatoms. The van der Waals surface area contributed by atoms with E-state index in [0.29, 0.717) is 27.1 Å². The highest BCUT2D eigenvalue weighted by molar-refractivity contribution is 5.18. The lowest BCUT2D eigenvalue weighted by molar-refractivity contribution is -0.241. The molecule has 0 aromatic carbocycles. The van der Waals surface area contributed by atoms with Crippen molar-refractivity contribution in [1.82, 2.24) is 0 Å². The predicted molar refractivity (Wildman–Crippen MR) is 125 cm³/mol. The van der Waals surface area contributed by atoms with Gasteiger partial charge in [-0.25, -0.2) is 0 Å². The molecule has 5 saturated carbocycles. The second-order valence-electron chi connectivity index (χ2n) is 14.3. The van der Waals surface area contributed by atoms with Crippen molar-refractivity contribution in [2.75, 3.05) is 0 Å². The largest absolute Gasteiger partial charge is 0.0651 e. The van der Waals surface area contributed by atoms with E-state index >= 15 is 0 Å². The van der Waals surface area contributed by atoms with Crippen molar-refractivity contribution in [3.63, 3.8) is 0 Å². The predicted octanol–water partition coefficient (Wildman–Crippen LogP) is 8.89. The maximum absolute atomic E-state index is 2.81. The van der Waals surface area contributed by atoms with E-state index in [1.807, 2.05) is 0 Å². The molecule has 0 aliphatic heterocycles. The number of hydrogen-bond acceptors (Lipinski definition) is 0. The summed E-state index contributed by atoms with van der Waals surface area (Å²) < 4.78 is 0. The number of rotatable bonds is 1. The van der Waals surface area contributed by atoms with E-state index in [4.69, 9.17) is 0 Å². The molecule has 0 aromatic rings. The van der Waals surface area contributed by atoms with Crippen LogP contribution in [-0.4, -0.2) is 0 Å². The van der Waals surface area contributed by atoms with Gasteiger partial charge in [-0.15, -0.1) is 0 Å². The maximum atomic E-state index is 2.81. The first kappa shape index (κ1) is 20.9. The summed E-state index contributed by atoms with van der Waals surface area (Å²) in [5.41, 5.74) is 2.97. The highest BCUT2D eigenvalue weighted by Gasteiger charge is 2.69. The fourth-order valence-electron chi connectivity index (χ4n) is 11.9. The molecule has 0 amide bonds. The Hall–Kier alpha value is 0. The van der Waals surface area contributed by atoms with Gasteiger partial charge in [0.25, 0.3) is 0 Å². The summed E-state index contributed by atoms with van der Waals surface area (Å²) in [6.45, 7) is 18.8. The van der Waals surface area contributed by atoms with E-state index in [2.05, 4.69) is 48.5 Å². The summed E-state index contributed by atoms with van der Waals surface area (Å²) in [5.74, 6) is 4.99. The van der Waals surface area contributed by atoms with Crippen molar-refractivity contribution in [2.24, 2.45) is 56.7 Å². The molecule has 5 fully saturated rings. The van der Waals surface area contributed by atoms with Crippen LogP contribution in [0.15, 0.2) is 0 Å². The summed E-state index contributed by atoms with van der Waals surface area (Å²) >= 11 is 0. The van der Waals surface area contributed by atoms with Crippen LogP contribution in [0.25, 0.3) is 0 Å². The topological polar surface area (TPSA) is 0 Å². The van der Waals surface area contributed by atoms with Crippen LogP contribution in [0, 0.1) is 56.7 Å². The Morgan fingerprint density at radius 3 is 1.86 bits per heavy atom. The monoisotopic (exact) mass is 398 g/mol. The van der Waals surface area contributed by atoms with Gasteiger partial charge in [0.1, 0.15) is 0 Å². The van der Waals surface area contributed by atoms with Gasteiger partial charge in [-0.2, -0.15) is 0 Å². The lowest BCUT2D eigenvalue weighted by Crippen LogP contribution is -2.65. The van der Waals surface area contributed by atoms with Crippen LogP contribution in [0.5, 0.6) is 0 Å². The molecule has 29 heavy (non-hydrogen) atoms.